The summed E-state index contributed by atoms with van der Waals surface area (Å²) in [6.07, 6.45) is -4.72. The third-order valence-corrected chi connectivity index (χ3v) is 2.08. The van der Waals surface area contributed by atoms with Gasteiger partial charge in [-0.15, -0.1) is 0 Å². The van der Waals surface area contributed by atoms with E-state index >= 15 is 0 Å². The summed E-state index contributed by atoms with van der Waals surface area (Å²) in [7, 11) is 0. The van der Waals surface area contributed by atoms with E-state index in [1.165, 1.54) is 12.1 Å². The molecule has 0 saturated heterocycles. The van der Waals surface area contributed by atoms with E-state index in [0.29, 0.717) is 0 Å². The van der Waals surface area contributed by atoms with Crippen LogP contribution in [0.3, 0.4) is 0 Å². The minimum atomic E-state index is -4.72. The van der Waals surface area contributed by atoms with Crippen LogP contribution >= 0.6 is 0 Å². The van der Waals surface area contributed by atoms with Gasteiger partial charge in [0.1, 0.15) is 24.1 Å². The van der Waals surface area contributed by atoms with Gasteiger partial charge in [0.25, 0.3) is 0 Å². The second-order valence-electron chi connectivity index (χ2n) is 3.39. The van der Waals surface area contributed by atoms with Crippen LogP contribution in [0.25, 0.3) is 0 Å². The van der Waals surface area contributed by atoms with Gasteiger partial charge in [-0.3, -0.25) is 0 Å². The lowest BCUT2D eigenvalue weighted by molar-refractivity contribution is -0.162. The molecule has 0 aliphatic carbocycles. The molecular formula is C10H10F4N2O2. The molecule has 1 rings (SSSR count). The number of halogens is 4. The highest BCUT2D eigenvalue weighted by Crippen LogP contribution is 2.27. The average molecular weight is 266 g/mol. The zero-order valence-electron chi connectivity index (χ0n) is 8.99. The second kappa shape index (κ2) is 5.56. The normalized spacial score (nSPS) is 14.3. The first kappa shape index (κ1) is 14.1. The largest absolute Gasteiger partial charge is 0.492 e. The quantitative estimate of drug-likeness (QED) is 0.288. The van der Waals surface area contributed by atoms with E-state index in [9.17, 15) is 17.6 Å². The number of oxime groups is 1. The molecule has 0 fully saturated rings. The van der Waals surface area contributed by atoms with Gasteiger partial charge < -0.3 is 15.7 Å². The Labute approximate surface area is 99.7 Å². The van der Waals surface area contributed by atoms with Crippen molar-refractivity contribution in [1.82, 2.24) is 0 Å². The van der Waals surface area contributed by atoms with Gasteiger partial charge in [0, 0.05) is 6.07 Å². The van der Waals surface area contributed by atoms with Crippen molar-refractivity contribution in [3.63, 3.8) is 0 Å². The predicted molar refractivity (Wildman–Crippen MR) is 54.8 cm³/mol. The van der Waals surface area contributed by atoms with E-state index in [1.807, 2.05) is 0 Å². The summed E-state index contributed by atoms with van der Waals surface area (Å²) in [5.41, 5.74) is 4.92. The molecule has 0 saturated carbocycles. The van der Waals surface area contributed by atoms with Crippen LogP contribution in [0.1, 0.15) is 0 Å². The van der Waals surface area contributed by atoms with Gasteiger partial charge in [0.05, 0.1) is 0 Å². The molecule has 0 aliphatic rings. The van der Waals surface area contributed by atoms with Crippen LogP contribution in [0, 0.1) is 11.7 Å². The number of alkyl halides is 3. The summed E-state index contributed by atoms with van der Waals surface area (Å²) in [4.78, 5) is 0. The molecule has 3 N–H and O–H groups in total. The third-order valence-electron chi connectivity index (χ3n) is 2.08. The van der Waals surface area contributed by atoms with Crippen molar-refractivity contribution in [3.8, 4) is 5.75 Å². The molecule has 18 heavy (non-hydrogen) atoms. The molecule has 0 aliphatic heterocycles. The van der Waals surface area contributed by atoms with E-state index < -0.39 is 30.4 Å². The summed E-state index contributed by atoms with van der Waals surface area (Å²) in [6.45, 7) is -0.900. The van der Waals surface area contributed by atoms with Crippen molar-refractivity contribution in [2.24, 2.45) is 16.8 Å². The molecule has 8 heteroatoms. The summed E-state index contributed by atoms with van der Waals surface area (Å²) in [6, 6.07) is 4.64. The van der Waals surface area contributed by atoms with Crippen molar-refractivity contribution < 1.29 is 27.5 Å². The smallest absolute Gasteiger partial charge is 0.402 e. The summed E-state index contributed by atoms with van der Waals surface area (Å²) in [5.74, 6) is -3.99. The Hall–Kier alpha value is -1.99. The molecule has 0 aromatic heterocycles. The summed E-state index contributed by atoms with van der Waals surface area (Å²) >= 11 is 0. The Morgan fingerprint density at radius 1 is 1.44 bits per heavy atom. The highest BCUT2D eigenvalue weighted by atomic mass is 19.4. The van der Waals surface area contributed by atoms with Crippen molar-refractivity contribution in [1.29, 1.82) is 0 Å². The number of hydrogen-bond donors (Lipinski definition) is 2. The maximum absolute atomic E-state index is 12.8. The van der Waals surface area contributed by atoms with E-state index in [-0.39, 0.29) is 5.75 Å². The Bertz CT molecular complexity index is 434. The number of nitrogens with two attached hydrogens (primary N) is 1. The summed E-state index contributed by atoms with van der Waals surface area (Å²) < 4.78 is 55.1. The molecule has 0 spiro atoms. The van der Waals surface area contributed by atoms with Gasteiger partial charge in [0.15, 0.2) is 5.84 Å². The van der Waals surface area contributed by atoms with Crippen molar-refractivity contribution >= 4 is 5.84 Å². The standard InChI is InChI=1S/C10H10F4N2O2/c11-6-2-1-3-7(4-6)18-5-8(9(15)16-17)10(12,13)14/h1-4,8,17H,5H2,(H2,15,16). The zero-order valence-corrected chi connectivity index (χ0v) is 8.99. The van der Waals surface area contributed by atoms with Gasteiger partial charge in [-0.2, -0.15) is 13.2 Å². The number of rotatable bonds is 4. The first-order chi connectivity index (χ1) is 8.34. The minimum Gasteiger partial charge on any atom is -0.492 e. The zero-order chi connectivity index (χ0) is 13.8. The van der Waals surface area contributed by atoms with Gasteiger partial charge >= 0.3 is 6.18 Å². The van der Waals surface area contributed by atoms with Crippen LogP contribution in [0.5, 0.6) is 5.75 Å². The summed E-state index contributed by atoms with van der Waals surface area (Å²) in [5, 5.41) is 10.6. The van der Waals surface area contributed by atoms with Gasteiger partial charge in [0.2, 0.25) is 0 Å². The lowest BCUT2D eigenvalue weighted by Gasteiger charge is -2.19. The van der Waals surface area contributed by atoms with Crippen LogP contribution < -0.4 is 10.5 Å². The molecule has 1 unspecified atom stereocenters. The maximum atomic E-state index is 12.8. The van der Waals surface area contributed by atoms with Crippen molar-refractivity contribution in [2.45, 2.75) is 6.18 Å². The minimum absolute atomic E-state index is 0.0741. The Morgan fingerprint density at radius 2 is 2.11 bits per heavy atom. The fourth-order valence-electron chi connectivity index (χ4n) is 1.15. The first-order valence-corrected chi connectivity index (χ1v) is 4.77. The van der Waals surface area contributed by atoms with E-state index in [4.69, 9.17) is 15.7 Å². The number of benzene rings is 1. The lowest BCUT2D eigenvalue weighted by atomic mass is 10.1. The van der Waals surface area contributed by atoms with E-state index in [0.717, 1.165) is 12.1 Å². The number of ether oxygens (including phenoxy) is 1. The van der Waals surface area contributed by atoms with E-state index in [2.05, 4.69) is 5.16 Å². The van der Waals surface area contributed by atoms with Crippen molar-refractivity contribution in [2.75, 3.05) is 6.61 Å². The van der Waals surface area contributed by atoms with Crippen LogP contribution in [0.4, 0.5) is 17.6 Å². The SMILES string of the molecule is N/C(=N/O)C(COc1cccc(F)c1)C(F)(F)F. The molecule has 1 aromatic carbocycles. The first-order valence-electron chi connectivity index (χ1n) is 4.77. The maximum Gasteiger partial charge on any atom is 0.402 e. The monoisotopic (exact) mass is 266 g/mol. The molecule has 1 atom stereocenters. The lowest BCUT2D eigenvalue weighted by Crippen LogP contribution is -2.40. The Kier molecular flexibility index (Phi) is 4.35. The Morgan fingerprint density at radius 3 is 2.61 bits per heavy atom. The van der Waals surface area contributed by atoms with Gasteiger partial charge in [-0.25, -0.2) is 4.39 Å². The topological polar surface area (TPSA) is 67.8 Å². The van der Waals surface area contributed by atoms with Crippen LogP contribution in [0.2, 0.25) is 0 Å². The van der Waals surface area contributed by atoms with Crippen LogP contribution in [-0.4, -0.2) is 23.8 Å². The molecular weight excluding hydrogens is 256 g/mol. The van der Waals surface area contributed by atoms with Gasteiger partial charge in [-0.05, 0) is 12.1 Å². The average Bonchev–Trinajstić information content (AvgIpc) is 2.27. The second-order valence-corrected chi connectivity index (χ2v) is 3.39. The Balaban J connectivity index is 2.75. The molecule has 0 heterocycles. The molecule has 0 amide bonds. The highest BCUT2D eigenvalue weighted by molar-refractivity contribution is 5.83. The molecule has 100 valence electrons. The van der Waals surface area contributed by atoms with Gasteiger partial charge in [-0.1, -0.05) is 11.2 Å². The van der Waals surface area contributed by atoms with Crippen molar-refractivity contribution in [3.05, 3.63) is 30.1 Å². The number of amidine groups is 1. The van der Waals surface area contributed by atoms with Crippen LogP contribution in [0.15, 0.2) is 29.4 Å². The third kappa shape index (κ3) is 3.79. The molecule has 0 bridgehead atoms. The predicted octanol–water partition coefficient (Wildman–Crippen LogP) is 2.13. The fourth-order valence-corrected chi connectivity index (χ4v) is 1.15. The molecule has 0 radical (unpaired) electrons. The number of hydrogen-bond acceptors (Lipinski definition) is 3. The van der Waals surface area contributed by atoms with E-state index in [1.54, 1.807) is 0 Å². The molecule has 4 nitrogen and oxygen atoms in total. The highest BCUT2D eigenvalue weighted by Gasteiger charge is 2.43. The fraction of sp³-hybridized carbons (Fsp3) is 0.300. The van der Waals surface area contributed by atoms with Crippen LogP contribution in [-0.2, 0) is 0 Å². The molecule has 1 aromatic rings. The number of nitrogens with zero attached hydrogens (tertiary/aromatic N) is 1.